The number of rotatable bonds is 7. The normalized spacial score (nSPS) is 19.7. The van der Waals surface area contributed by atoms with E-state index < -0.39 is 0 Å². The van der Waals surface area contributed by atoms with Gasteiger partial charge in [-0.3, -0.25) is 9.80 Å². The van der Waals surface area contributed by atoms with Crippen LogP contribution in [0, 0.1) is 0 Å². The van der Waals surface area contributed by atoms with Crippen molar-refractivity contribution in [2.75, 3.05) is 32.5 Å². The molecule has 0 amide bonds. The van der Waals surface area contributed by atoms with E-state index in [1.807, 2.05) is 11.3 Å². The maximum absolute atomic E-state index is 9.46. The molecule has 1 atom stereocenters. The molecule has 0 saturated carbocycles. The monoisotopic (exact) mass is 362 g/mol. The van der Waals surface area contributed by atoms with Crippen molar-refractivity contribution in [3.8, 4) is 0 Å². The lowest BCUT2D eigenvalue weighted by molar-refractivity contribution is 0.0506. The zero-order chi connectivity index (χ0) is 16.8. The van der Waals surface area contributed by atoms with Crippen LogP contribution in [0.3, 0.4) is 0 Å². The van der Waals surface area contributed by atoms with Crippen molar-refractivity contribution in [2.45, 2.75) is 30.4 Å². The van der Waals surface area contributed by atoms with E-state index in [4.69, 9.17) is 0 Å². The van der Waals surface area contributed by atoms with Gasteiger partial charge in [-0.05, 0) is 41.8 Å². The summed E-state index contributed by atoms with van der Waals surface area (Å²) in [6.45, 7) is 5.49. The number of thioether (sulfide) groups is 1. The number of aliphatic hydroxyl groups excluding tert-OH is 1. The summed E-state index contributed by atoms with van der Waals surface area (Å²) in [6, 6.07) is 13.6. The highest BCUT2D eigenvalue weighted by molar-refractivity contribution is 7.98. The van der Waals surface area contributed by atoms with Gasteiger partial charge in [0.05, 0.1) is 0 Å². The number of aliphatic hydroxyl groups is 1. The first-order chi connectivity index (χ1) is 11.8. The molecule has 0 bridgehead atoms. The van der Waals surface area contributed by atoms with E-state index in [-0.39, 0.29) is 6.61 Å². The van der Waals surface area contributed by atoms with Crippen LogP contribution in [0.15, 0.2) is 46.7 Å². The number of piperazine rings is 1. The zero-order valence-corrected chi connectivity index (χ0v) is 15.9. The summed E-state index contributed by atoms with van der Waals surface area (Å²) >= 11 is 3.62. The summed E-state index contributed by atoms with van der Waals surface area (Å²) in [6.07, 6.45) is 2.98. The molecule has 1 unspecified atom stereocenters. The Morgan fingerprint density at radius 2 is 2.12 bits per heavy atom. The zero-order valence-electron chi connectivity index (χ0n) is 14.2. The summed E-state index contributed by atoms with van der Waals surface area (Å²) in [7, 11) is 0. The second-order valence-electron chi connectivity index (χ2n) is 6.30. The molecule has 1 aromatic heterocycles. The molecule has 1 fully saturated rings. The first kappa shape index (κ1) is 18.0. The van der Waals surface area contributed by atoms with Crippen LogP contribution in [-0.2, 0) is 13.1 Å². The number of hydrogen-bond acceptors (Lipinski definition) is 5. The second kappa shape index (κ2) is 9.02. The third kappa shape index (κ3) is 4.83. The molecular formula is C19H26N2OS2. The fraction of sp³-hybridized carbons (Fsp3) is 0.474. The van der Waals surface area contributed by atoms with Gasteiger partial charge in [0.2, 0.25) is 0 Å². The minimum atomic E-state index is 0.265. The van der Waals surface area contributed by atoms with Gasteiger partial charge in [-0.25, -0.2) is 0 Å². The Balaban J connectivity index is 1.61. The average Bonchev–Trinajstić information content (AvgIpc) is 3.11. The van der Waals surface area contributed by atoms with Gasteiger partial charge in [-0.15, -0.1) is 23.1 Å². The van der Waals surface area contributed by atoms with Gasteiger partial charge in [0.25, 0.3) is 0 Å². The molecule has 24 heavy (non-hydrogen) atoms. The third-order valence-corrected chi connectivity index (χ3v) is 6.22. The van der Waals surface area contributed by atoms with Crippen LogP contribution in [-0.4, -0.2) is 53.4 Å². The smallest absolute Gasteiger partial charge is 0.0446 e. The number of benzene rings is 1. The van der Waals surface area contributed by atoms with E-state index in [2.05, 4.69) is 57.8 Å². The fourth-order valence-electron chi connectivity index (χ4n) is 3.36. The van der Waals surface area contributed by atoms with E-state index in [9.17, 15) is 5.11 Å². The topological polar surface area (TPSA) is 26.7 Å². The summed E-state index contributed by atoms with van der Waals surface area (Å²) in [5.41, 5.74) is 1.39. The van der Waals surface area contributed by atoms with E-state index in [1.54, 1.807) is 11.8 Å². The van der Waals surface area contributed by atoms with Crippen molar-refractivity contribution in [3.63, 3.8) is 0 Å². The van der Waals surface area contributed by atoms with Crippen LogP contribution in [0.2, 0.25) is 0 Å². The van der Waals surface area contributed by atoms with Crippen molar-refractivity contribution in [1.29, 1.82) is 0 Å². The predicted molar refractivity (Wildman–Crippen MR) is 104 cm³/mol. The Kier molecular flexibility index (Phi) is 6.75. The van der Waals surface area contributed by atoms with Gasteiger partial charge in [-0.2, -0.15) is 0 Å². The molecule has 0 aliphatic carbocycles. The Hall–Kier alpha value is -0.850. The standard InChI is InChI=1S/C19H26N2OS2/c1-23-18-5-2-4-16(12-18)13-20-8-9-21(17(14-20)7-10-22)15-19-6-3-11-24-19/h2-6,11-12,17,22H,7-10,13-15H2,1H3. The van der Waals surface area contributed by atoms with Crippen molar-refractivity contribution in [2.24, 2.45) is 0 Å². The van der Waals surface area contributed by atoms with Gasteiger partial charge in [0, 0.05) is 55.1 Å². The van der Waals surface area contributed by atoms with Crippen molar-refractivity contribution >= 4 is 23.1 Å². The quantitative estimate of drug-likeness (QED) is 0.762. The van der Waals surface area contributed by atoms with E-state index in [0.717, 1.165) is 39.1 Å². The molecule has 130 valence electrons. The van der Waals surface area contributed by atoms with Gasteiger partial charge in [-0.1, -0.05) is 18.2 Å². The summed E-state index contributed by atoms with van der Waals surface area (Å²) in [5.74, 6) is 0. The van der Waals surface area contributed by atoms with Crippen molar-refractivity contribution in [1.82, 2.24) is 9.80 Å². The number of nitrogens with zero attached hydrogens (tertiary/aromatic N) is 2. The predicted octanol–water partition coefficient (Wildman–Crippen LogP) is 3.54. The number of hydrogen-bond donors (Lipinski definition) is 1. The molecule has 2 heterocycles. The van der Waals surface area contributed by atoms with Crippen LogP contribution in [0.5, 0.6) is 0 Å². The first-order valence-electron chi connectivity index (χ1n) is 8.51. The van der Waals surface area contributed by atoms with Gasteiger partial charge in [0.15, 0.2) is 0 Å². The molecule has 2 aromatic rings. The third-order valence-electron chi connectivity index (χ3n) is 4.63. The molecule has 1 aliphatic heterocycles. The molecule has 3 nitrogen and oxygen atoms in total. The minimum absolute atomic E-state index is 0.265. The van der Waals surface area contributed by atoms with Gasteiger partial charge in [0.1, 0.15) is 0 Å². The SMILES string of the molecule is CSc1cccc(CN2CCN(Cc3cccs3)C(CCO)C2)c1. The van der Waals surface area contributed by atoms with Crippen molar-refractivity contribution in [3.05, 3.63) is 52.2 Å². The summed E-state index contributed by atoms with van der Waals surface area (Å²) in [5, 5.41) is 11.6. The molecule has 1 N–H and O–H groups in total. The van der Waals surface area contributed by atoms with Crippen LogP contribution in [0.4, 0.5) is 0 Å². The van der Waals surface area contributed by atoms with Crippen LogP contribution < -0.4 is 0 Å². The van der Waals surface area contributed by atoms with Crippen LogP contribution >= 0.6 is 23.1 Å². The Bertz CT molecular complexity index is 618. The second-order valence-corrected chi connectivity index (χ2v) is 8.21. The maximum Gasteiger partial charge on any atom is 0.0446 e. The van der Waals surface area contributed by atoms with Gasteiger partial charge >= 0.3 is 0 Å². The Morgan fingerprint density at radius 1 is 1.21 bits per heavy atom. The fourth-order valence-corrected chi connectivity index (χ4v) is 4.58. The van der Waals surface area contributed by atoms with E-state index in [0.29, 0.717) is 6.04 Å². The molecule has 0 radical (unpaired) electrons. The molecule has 1 aliphatic rings. The lowest BCUT2D eigenvalue weighted by Gasteiger charge is -2.41. The van der Waals surface area contributed by atoms with Gasteiger partial charge < -0.3 is 5.11 Å². The molecule has 3 rings (SSSR count). The van der Waals surface area contributed by atoms with Crippen LogP contribution in [0.1, 0.15) is 16.9 Å². The lowest BCUT2D eigenvalue weighted by atomic mass is 10.1. The largest absolute Gasteiger partial charge is 0.396 e. The lowest BCUT2D eigenvalue weighted by Crippen LogP contribution is -2.52. The average molecular weight is 363 g/mol. The highest BCUT2D eigenvalue weighted by Gasteiger charge is 2.26. The molecule has 1 aromatic carbocycles. The summed E-state index contributed by atoms with van der Waals surface area (Å²) in [4.78, 5) is 7.82. The highest BCUT2D eigenvalue weighted by Crippen LogP contribution is 2.22. The number of thiophene rings is 1. The van der Waals surface area contributed by atoms with Crippen LogP contribution in [0.25, 0.3) is 0 Å². The first-order valence-corrected chi connectivity index (χ1v) is 10.6. The summed E-state index contributed by atoms with van der Waals surface area (Å²) < 4.78 is 0. The molecular weight excluding hydrogens is 336 g/mol. The van der Waals surface area contributed by atoms with Crippen molar-refractivity contribution < 1.29 is 5.11 Å². The van der Waals surface area contributed by atoms with E-state index in [1.165, 1.54) is 15.3 Å². The van der Waals surface area contributed by atoms with E-state index >= 15 is 0 Å². The Labute approximate surface area is 153 Å². The molecule has 5 heteroatoms. The highest BCUT2D eigenvalue weighted by atomic mass is 32.2. The molecule has 0 spiro atoms. The Morgan fingerprint density at radius 3 is 2.88 bits per heavy atom. The molecule has 1 saturated heterocycles. The maximum atomic E-state index is 9.46. The minimum Gasteiger partial charge on any atom is -0.396 e.